The van der Waals surface area contributed by atoms with Gasteiger partial charge >= 0.3 is 6.16 Å². The van der Waals surface area contributed by atoms with Crippen molar-refractivity contribution in [1.29, 1.82) is 5.26 Å². The highest BCUT2D eigenvalue weighted by molar-refractivity contribution is 6.04. The largest absolute Gasteiger partial charge is 0.508 e. The van der Waals surface area contributed by atoms with E-state index in [4.69, 9.17) is 19.2 Å². The fraction of sp³-hybridized carbons (Fsp3) is 0.552. The van der Waals surface area contributed by atoms with Crippen molar-refractivity contribution in [2.24, 2.45) is 5.92 Å². The van der Waals surface area contributed by atoms with Crippen LogP contribution in [0.1, 0.15) is 56.9 Å². The van der Waals surface area contributed by atoms with Gasteiger partial charge in [0.25, 0.3) is 5.91 Å². The van der Waals surface area contributed by atoms with Crippen molar-refractivity contribution in [3.63, 3.8) is 0 Å². The molecule has 4 rings (SSSR count). The summed E-state index contributed by atoms with van der Waals surface area (Å²) in [5, 5.41) is 12.0. The molecule has 0 saturated carbocycles. The predicted octanol–water partition coefficient (Wildman–Crippen LogP) is 4.71. The number of rotatable bonds is 7. The molecule has 3 heterocycles. The Labute approximate surface area is 230 Å². The number of furan rings is 1. The van der Waals surface area contributed by atoms with Crippen LogP contribution in [0.5, 0.6) is 0 Å². The van der Waals surface area contributed by atoms with Crippen molar-refractivity contribution in [3.8, 4) is 6.07 Å². The van der Waals surface area contributed by atoms with Gasteiger partial charge in [-0.2, -0.15) is 5.26 Å². The van der Waals surface area contributed by atoms with Crippen LogP contribution in [0.4, 0.5) is 21.9 Å². The molecule has 10 nitrogen and oxygen atoms in total. The molecule has 2 aliphatic rings. The third-order valence-corrected chi connectivity index (χ3v) is 7.05. The number of piperazine rings is 1. The number of hydrogen-bond acceptors (Lipinski definition) is 9. The van der Waals surface area contributed by atoms with Gasteiger partial charge in [-0.25, -0.2) is 4.79 Å². The number of ether oxygens (including phenoxy) is 2. The molecule has 0 aliphatic carbocycles. The van der Waals surface area contributed by atoms with Crippen molar-refractivity contribution in [2.75, 3.05) is 67.5 Å². The molecular formula is C29H39N5O5. The molecule has 0 unspecified atom stereocenters. The van der Waals surface area contributed by atoms with Gasteiger partial charge in [-0.3, -0.25) is 9.69 Å². The number of hydrogen-bond donors (Lipinski definition) is 1. The highest BCUT2D eigenvalue weighted by atomic mass is 16.7. The number of amides is 1. The van der Waals surface area contributed by atoms with Crippen LogP contribution in [-0.4, -0.2) is 75.0 Å². The Morgan fingerprint density at radius 1 is 1.05 bits per heavy atom. The molecule has 0 spiro atoms. The first-order chi connectivity index (χ1) is 18.6. The lowest BCUT2D eigenvalue weighted by atomic mass is 9.98. The van der Waals surface area contributed by atoms with Gasteiger partial charge < -0.3 is 29.0 Å². The molecule has 10 heteroatoms. The van der Waals surface area contributed by atoms with Gasteiger partial charge in [0.1, 0.15) is 18.3 Å². The second-order valence-corrected chi connectivity index (χ2v) is 11.2. The molecule has 39 heavy (non-hydrogen) atoms. The third kappa shape index (κ3) is 7.90. The lowest BCUT2D eigenvalue weighted by molar-refractivity contribution is -0.0104. The topological polar surface area (TPSA) is 111 Å². The quantitative estimate of drug-likeness (QED) is 0.502. The smallest absolute Gasteiger partial charge is 0.440 e. The maximum atomic E-state index is 12.9. The van der Waals surface area contributed by atoms with Crippen LogP contribution in [0, 0.1) is 17.2 Å². The number of nitrogens with zero attached hydrogens (tertiary/aromatic N) is 4. The monoisotopic (exact) mass is 537 g/mol. The number of carbonyl (C=O) groups excluding carboxylic acids is 2. The van der Waals surface area contributed by atoms with Crippen LogP contribution in [0.25, 0.3) is 0 Å². The molecule has 1 aromatic carbocycles. The summed E-state index contributed by atoms with van der Waals surface area (Å²) in [4.78, 5) is 31.6. The van der Waals surface area contributed by atoms with E-state index in [1.807, 2.05) is 39.0 Å². The highest BCUT2D eigenvalue weighted by Gasteiger charge is 2.24. The zero-order valence-corrected chi connectivity index (χ0v) is 23.4. The van der Waals surface area contributed by atoms with E-state index in [1.165, 1.54) is 12.1 Å². The van der Waals surface area contributed by atoms with Crippen LogP contribution >= 0.6 is 0 Å². The lowest BCUT2D eigenvalue weighted by Crippen LogP contribution is -2.47. The van der Waals surface area contributed by atoms with E-state index in [9.17, 15) is 9.59 Å². The molecule has 1 aromatic heterocycles. The van der Waals surface area contributed by atoms with Crippen LogP contribution in [-0.2, 0) is 9.47 Å². The normalized spacial score (nSPS) is 17.0. The number of nitriles is 1. The highest BCUT2D eigenvalue weighted by Crippen LogP contribution is 2.34. The van der Waals surface area contributed by atoms with E-state index in [2.05, 4.69) is 33.0 Å². The third-order valence-electron chi connectivity index (χ3n) is 7.05. The fourth-order valence-electron chi connectivity index (χ4n) is 4.80. The number of nitrogens with one attached hydrogen (secondary N) is 1. The maximum absolute atomic E-state index is 12.9. The van der Waals surface area contributed by atoms with Crippen molar-refractivity contribution in [2.45, 2.75) is 46.1 Å². The van der Waals surface area contributed by atoms with Crippen molar-refractivity contribution < 1.29 is 23.5 Å². The van der Waals surface area contributed by atoms with Crippen molar-refractivity contribution in [1.82, 2.24) is 4.90 Å². The van der Waals surface area contributed by atoms with Gasteiger partial charge in [0.05, 0.1) is 11.4 Å². The Hall–Kier alpha value is -3.71. The molecule has 2 fully saturated rings. The van der Waals surface area contributed by atoms with Gasteiger partial charge in [-0.15, -0.1) is 0 Å². The summed E-state index contributed by atoms with van der Waals surface area (Å²) < 4.78 is 15.7. The number of anilines is 3. The number of benzene rings is 1. The Balaban J connectivity index is 1.39. The van der Waals surface area contributed by atoms with Gasteiger partial charge in [0.15, 0.2) is 5.76 Å². The molecule has 2 aliphatic heterocycles. The zero-order valence-electron chi connectivity index (χ0n) is 23.4. The average molecular weight is 538 g/mol. The summed E-state index contributed by atoms with van der Waals surface area (Å²) in [5.74, 6) is 0.525. The summed E-state index contributed by atoms with van der Waals surface area (Å²) in [6.07, 6.45) is 1.57. The Kier molecular flexibility index (Phi) is 9.02. The number of piperidine rings is 1. The molecular weight excluding hydrogens is 498 g/mol. The zero-order chi connectivity index (χ0) is 28.0. The molecule has 210 valence electrons. The van der Waals surface area contributed by atoms with E-state index in [-0.39, 0.29) is 17.4 Å². The van der Waals surface area contributed by atoms with Crippen molar-refractivity contribution >= 4 is 29.1 Å². The summed E-state index contributed by atoms with van der Waals surface area (Å²) >= 11 is 0. The first kappa shape index (κ1) is 28.3. The molecule has 2 aromatic rings. The summed E-state index contributed by atoms with van der Waals surface area (Å²) in [5.41, 5.74) is 2.27. The average Bonchev–Trinajstić information content (AvgIpc) is 3.39. The summed E-state index contributed by atoms with van der Waals surface area (Å²) in [6, 6.07) is 11.1. The molecule has 0 radical (unpaired) electrons. The van der Waals surface area contributed by atoms with Crippen LogP contribution in [0.3, 0.4) is 0 Å². The minimum absolute atomic E-state index is 0.108. The Morgan fingerprint density at radius 2 is 1.77 bits per heavy atom. The maximum Gasteiger partial charge on any atom is 0.508 e. The first-order valence-electron chi connectivity index (χ1n) is 13.6. The van der Waals surface area contributed by atoms with Gasteiger partial charge in [-0.05, 0) is 69.9 Å². The van der Waals surface area contributed by atoms with Gasteiger partial charge in [0, 0.05) is 51.5 Å². The number of carbonyl (C=O) groups is 2. The summed E-state index contributed by atoms with van der Waals surface area (Å²) in [7, 11) is 0. The lowest BCUT2D eigenvalue weighted by Gasteiger charge is -2.37. The molecule has 1 amide bonds. The Morgan fingerprint density at radius 3 is 2.41 bits per heavy atom. The van der Waals surface area contributed by atoms with Crippen molar-refractivity contribution in [3.05, 3.63) is 41.9 Å². The molecule has 1 N–H and O–H groups in total. The van der Waals surface area contributed by atoms with E-state index in [0.717, 1.165) is 69.2 Å². The fourth-order valence-corrected chi connectivity index (χ4v) is 4.80. The molecule has 2 saturated heterocycles. The Bertz CT molecular complexity index is 1180. The van der Waals surface area contributed by atoms with Crippen LogP contribution in [0.2, 0.25) is 0 Å². The standard InChI is InChI=1S/C29H39N5O5/c1-21-9-11-34(12-10-21)25-19-22(5-7-24(25)31-27(35)26-8-6-23(20-30)38-26)33-15-13-32(14-16-33)17-18-37-28(36)39-29(2,3)4/h5-8,19,21H,9-18H2,1-4H3,(H,31,35). The second kappa shape index (κ2) is 12.4. The van der Waals surface area contributed by atoms with Gasteiger partial charge in [-0.1, -0.05) is 6.92 Å². The molecule has 0 atom stereocenters. The molecule has 0 bridgehead atoms. The SMILES string of the molecule is CC1CCN(c2cc(N3CCN(CCOC(=O)OC(C)(C)C)CC3)ccc2NC(=O)c2ccc(C#N)o2)CC1. The van der Waals surface area contributed by atoms with Crippen LogP contribution in [0.15, 0.2) is 34.7 Å². The van der Waals surface area contributed by atoms with E-state index >= 15 is 0 Å². The predicted molar refractivity (Wildman–Crippen MR) is 149 cm³/mol. The van der Waals surface area contributed by atoms with E-state index in [0.29, 0.717) is 19.1 Å². The first-order valence-corrected chi connectivity index (χ1v) is 13.6. The minimum Gasteiger partial charge on any atom is -0.440 e. The van der Waals surface area contributed by atoms with E-state index < -0.39 is 11.8 Å². The van der Waals surface area contributed by atoms with E-state index in [1.54, 1.807) is 0 Å². The second-order valence-electron chi connectivity index (χ2n) is 11.2. The van der Waals surface area contributed by atoms with Gasteiger partial charge in [0.2, 0.25) is 5.76 Å². The minimum atomic E-state index is -0.634. The van der Waals surface area contributed by atoms with Crippen LogP contribution < -0.4 is 15.1 Å². The summed E-state index contributed by atoms with van der Waals surface area (Å²) in [6.45, 7) is 13.9.